The van der Waals surface area contributed by atoms with Gasteiger partial charge in [-0.2, -0.15) is 0 Å². The maximum absolute atomic E-state index is 12.1. The van der Waals surface area contributed by atoms with Gasteiger partial charge < -0.3 is 10.4 Å². The van der Waals surface area contributed by atoms with Gasteiger partial charge in [-0.25, -0.2) is 8.42 Å². The molecule has 98 valence electrons. The van der Waals surface area contributed by atoms with E-state index in [1.807, 2.05) is 6.92 Å². The summed E-state index contributed by atoms with van der Waals surface area (Å²) in [5, 5.41) is 11.7. The highest BCUT2D eigenvalue weighted by Gasteiger charge is 2.32. The average Bonchev–Trinajstić information content (AvgIpc) is 2.18. The van der Waals surface area contributed by atoms with Crippen LogP contribution in [0, 0.1) is 6.92 Å². The summed E-state index contributed by atoms with van der Waals surface area (Å²) in [6, 6.07) is 2.79. The molecule has 0 saturated heterocycles. The van der Waals surface area contributed by atoms with Crippen molar-refractivity contribution in [3.63, 3.8) is 0 Å². The standard InChI is InChI=1S/C11H12BrNO4S/c1-6-2-8(12)11-9(3-6)18(16,17)5-7(13-11)4-10(14)15/h2-3,7,13H,4-5H2,1H3,(H,14,15). The van der Waals surface area contributed by atoms with Crippen LogP contribution in [0.25, 0.3) is 0 Å². The summed E-state index contributed by atoms with van der Waals surface area (Å²) in [5.74, 6) is -1.21. The van der Waals surface area contributed by atoms with Gasteiger partial charge in [0.1, 0.15) is 0 Å². The SMILES string of the molecule is Cc1cc(Br)c2c(c1)S(=O)(=O)CC(CC(=O)O)N2. The number of sulfone groups is 1. The van der Waals surface area contributed by atoms with E-state index < -0.39 is 21.8 Å². The number of carboxylic acids is 1. The van der Waals surface area contributed by atoms with Crippen molar-refractivity contribution in [1.82, 2.24) is 0 Å². The Bertz CT molecular complexity index is 612. The van der Waals surface area contributed by atoms with Crippen molar-refractivity contribution in [2.45, 2.75) is 24.3 Å². The Morgan fingerprint density at radius 1 is 1.56 bits per heavy atom. The molecule has 1 aliphatic heterocycles. The Kier molecular flexibility index (Phi) is 3.37. The lowest BCUT2D eigenvalue weighted by Gasteiger charge is -2.27. The zero-order valence-electron chi connectivity index (χ0n) is 9.60. The lowest BCUT2D eigenvalue weighted by atomic mass is 10.2. The number of nitrogens with one attached hydrogen (secondary N) is 1. The molecule has 1 atom stereocenters. The minimum absolute atomic E-state index is 0.192. The first kappa shape index (κ1) is 13.4. The summed E-state index contributed by atoms with van der Waals surface area (Å²) in [5.41, 5.74) is 1.29. The van der Waals surface area contributed by atoms with Gasteiger partial charge in [0, 0.05) is 4.47 Å². The molecule has 7 heteroatoms. The average molecular weight is 334 g/mol. The minimum Gasteiger partial charge on any atom is -0.481 e. The number of aliphatic carboxylic acids is 1. The van der Waals surface area contributed by atoms with Crippen LogP contribution in [-0.4, -0.2) is 31.3 Å². The third-order valence-corrected chi connectivity index (χ3v) is 5.18. The van der Waals surface area contributed by atoms with E-state index >= 15 is 0 Å². The monoisotopic (exact) mass is 333 g/mol. The van der Waals surface area contributed by atoms with E-state index in [4.69, 9.17) is 5.11 Å². The molecule has 1 aromatic rings. The first-order valence-electron chi connectivity index (χ1n) is 5.31. The van der Waals surface area contributed by atoms with Crippen molar-refractivity contribution < 1.29 is 18.3 Å². The lowest BCUT2D eigenvalue weighted by Crippen LogP contribution is -2.36. The summed E-state index contributed by atoms with van der Waals surface area (Å²) in [7, 11) is -3.44. The Balaban J connectivity index is 2.50. The molecule has 0 radical (unpaired) electrons. The normalized spacial score (nSPS) is 20.9. The quantitative estimate of drug-likeness (QED) is 0.862. The van der Waals surface area contributed by atoms with Gasteiger partial charge in [0.25, 0.3) is 0 Å². The van der Waals surface area contributed by atoms with E-state index in [1.54, 1.807) is 12.1 Å². The zero-order valence-corrected chi connectivity index (χ0v) is 12.0. The van der Waals surface area contributed by atoms with Gasteiger partial charge >= 0.3 is 5.97 Å². The number of anilines is 1. The Morgan fingerprint density at radius 3 is 2.83 bits per heavy atom. The highest BCUT2D eigenvalue weighted by molar-refractivity contribution is 9.10. The maximum atomic E-state index is 12.1. The van der Waals surface area contributed by atoms with Crippen LogP contribution in [0.4, 0.5) is 5.69 Å². The second-order valence-electron chi connectivity index (χ2n) is 4.34. The number of hydrogen-bond acceptors (Lipinski definition) is 4. The number of aryl methyl sites for hydroxylation is 1. The van der Waals surface area contributed by atoms with Gasteiger partial charge in [-0.15, -0.1) is 0 Å². The summed E-state index contributed by atoms with van der Waals surface area (Å²) in [6.07, 6.45) is -0.223. The van der Waals surface area contributed by atoms with Crippen molar-refractivity contribution in [2.75, 3.05) is 11.1 Å². The van der Waals surface area contributed by atoms with Gasteiger partial charge in [0.05, 0.1) is 28.8 Å². The van der Waals surface area contributed by atoms with Crippen molar-refractivity contribution in [1.29, 1.82) is 0 Å². The van der Waals surface area contributed by atoms with E-state index in [0.717, 1.165) is 5.56 Å². The zero-order chi connectivity index (χ0) is 13.5. The van der Waals surface area contributed by atoms with Crippen molar-refractivity contribution in [3.05, 3.63) is 22.2 Å². The molecule has 0 aliphatic carbocycles. The molecular weight excluding hydrogens is 322 g/mol. The fourth-order valence-corrected chi connectivity index (χ4v) is 4.59. The van der Waals surface area contributed by atoms with Crippen molar-refractivity contribution in [2.24, 2.45) is 0 Å². The van der Waals surface area contributed by atoms with Crippen molar-refractivity contribution in [3.8, 4) is 0 Å². The Hall–Kier alpha value is -1.08. The van der Waals surface area contributed by atoms with E-state index in [1.165, 1.54) is 0 Å². The maximum Gasteiger partial charge on any atom is 0.305 e. The second-order valence-corrected chi connectivity index (χ2v) is 7.20. The molecule has 0 fully saturated rings. The molecule has 18 heavy (non-hydrogen) atoms. The molecule has 0 spiro atoms. The predicted octanol–water partition coefficient (Wildman–Crippen LogP) is 1.80. The molecule has 0 aromatic heterocycles. The fraction of sp³-hybridized carbons (Fsp3) is 0.364. The molecule has 0 bridgehead atoms. The first-order valence-corrected chi connectivity index (χ1v) is 7.75. The number of benzene rings is 1. The summed E-state index contributed by atoms with van der Waals surface area (Å²) >= 11 is 3.30. The minimum atomic E-state index is -3.44. The molecular formula is C11H12BrNO4S. The van der Waals surface area contributed by atoms with Crippen LogP contribution in [-0.2, 0) is 14.6 Å². The highest BCUT2D eigenvalue weighted by atomic mass is 79.9. The molecule has 1 aliphatic rings. The third kappa shape index (κ3) is 2.51. The molecule has 1 heterocycles. The first-order chi connectivity index (χ1) is 8.29. The van der Waals surface area contributed by atoms with Gasteiger partial charge in [-0.1, -0.05) is 0 Å². The largest absolute Gasteiger partial charge is 0.481 e. The highest BCUT2D eigenvalue weighted by Crippen LogP contribution is 2.36. The van der Waals surface area contributed by atoms with Gasteiger partial charge in [-0.3, -0.25) is 4.79 Å². The second kappa shape index (κ2) is 4.55. The van der Waals surface area contributed by atoms with Gasteiger partial charge in [0.2, 0.25) is 0 Å². The summed E-state index contributed by atoms with van der Waals surface area (Å²) in [4.78, 5) is 10.9. The van der Waals surface area contributed by atoms with Crippen LogP contribution in [0.1, 0.15) is 12.0 Å². The van der Waals surface area contributed by atoms with E-state index in [0.29, 0.717) is 10.2 Å². The van der Waals surface area contributed by atoms with Crippen LogP contribution in [0.5, 0.6) is 0 Å². The van der Waals surface area contributed by atoms with Crippen LogP contribution in [0.3, 0.4) is 0 Å². The molecule has 1 unspecified atom stereocenters. The molecule has 5 nitrogen and oxygen atoms in total. The van der Waals surface area contributed by atoms with Gasteiger partial charge in [0.15, 0.2) is 9.84 Å². The summed E-state index contributed by atoms with van der Waals surface area (Å²) in [6.45, 7) is 1.81. The summed E-state index contributed by atoms with van der Waals surface area (Å²) < 4.78 is 24.9. The smallest absolute Gasteiger partial charge is 0.305 e. The predicted molar refractivity (Wildman–Crippen MR) is 70.6 cm³/mol. The van der Waals surface area contributed by atoms with E-state index in [9.17, 15) is 13.2 Å². The van der Waals surface area contributed by atoms with Crippen LogP contribution in [0.15, 0.2) is 21.5 Å². The Labute approximate surface area is 113 Å². The molecule has 0 saturated carbocycles. The number of halogens is 1. The topological polar surface area (TPSA) is 83.5 Å². The van der Waals surface area contributed by atoms with Crippen LogP contribution in [0.2, 0.25) is 0 Å². The number of fused-ring (bicyclic) bond motifs is 1. The third-order valence-electron chi connectivity index (χ3n) is 2.72. The van der Waals surface area contributed by atoms with Crippen LogP contribution >= 0.6 is 15.9 Å². The number of carboxylic acid groups (broad SMARTS) is 1. The van der Waals surface area contributed by atoms with Gasteiger partial charge in [-0.05, 0) is 40.5 Å². The van der Waals surface area contributed by atoms with Crippen LogP contribution < -0.4 is 5.32 Å². The Morgan fingerprint density at radius 2 is 2.22 bits per heavy atom. The number of rotatable bonds is 2. The molecule has 2 N–H and O–H groups in total. The van der Waals surface area contributed by atoms with E-state index in [2.05, 4.69) is 21.2 Å². The number of hydrogen-bond donors (Lipinski definition) is 2. The van der Waals surface area contributed by atoms with E-state index in [-0.39, 0.29) is 17.1 Å². The fourth-order valence-electron chi connectivity index (χ4n) is 2.02. The number of carbonyl (C=O) groups is 1. The molecule has 0 amide bonds. The molecule has 2 rings (SSSR count). The molecule has 1 aromatic carbocycles. The van der Waals surface area contributed by atoms with Crippen molar-refractivity contribution >= 4 is 37.4 Å². The lowest BCUT2D eigenvalue weighted by molar-refractivity contribution is -0.137.